The van der Waals surface area contributed by atoms with Gasteiger partial charge >= 0.3 is 0 Å². The van der Waals surface area contributed by atoms with Gasteiger partial charge in [0, 0.05) is 12.0 Å². The molecule has 1 heterocycles. The summed E-state index contributed by atoms with van der Waals surface area (Å²) in [7, 11) is 0. The number of hydrogen-bond acceptors (Lipinski definition) is 2. The normalized spacial score (nSPS) is 19.4. The molecule has 2 rings (SSSR count). The van der Waals surface area contributed by atoms with Crippen molar-refractivity contribution in [3.8, 4) is 5.75 Å². The van der Waals surface area contributed by atoms with E-state index in [1.165, 1.54) is 5.56 Å². The first kappa shape index (κ1) is 9.06. The zero-order valence-electron chi connectivity index (χ0n) is 8.12. The molecular weight excluding hydrogens is 178 g/mol. The number of nitrogens with one attached hydrogen (secondary N) is 1. The van der Waals surface area contributed by atoms with Gasteiger partial charge in [0.05, 0.1) is 12.6 Å². The SMILES string of the molecule is Cc1ccc2c(c1)OCCC2NC=O. The number of fused-ring (bicyclic) bond motifs is 1. The molecule has 1 unspecified atom stereocenters. The van der Waals surface area contributed by atoms with E-state index in [0.29, 0.717) is 6.61 Å². The number of carbonyl (C=O) groups excluding carboxylic acids is 1. The molecule has 0 radical (unpaired) electrons. The first-order chi connectivity index (χ1) is 6.81. The maximum atomic E-state index is 10.4. The van der Waals surface area contributed by atoms with E-state index < -0.39 is 0 Å². The third kappa shape index (κ3) is 1.58. The third-order valence-electron chi connectivity index (χ3n) is 2.48. The molecule has 1 aliphatic heterocycles. The zero-order valence-corrected chi connectivity index (χ0v) is 8.12. The van der Waals surface area contributed by atoms with E-state index in [0.717, 1.165) is 24.1 Å². The van der Waals surface area contributed by atoms with Gasteiger partial charge in [-0.3, -0.25) is 4.79 Å². The Morgan fingerprint density at radius 3 is 3.21 bits per heavy atom. The summed E-state index contributed by atoms with van der Waals surface area (Å²) in [4.78, 5) is 10.4. The number of ether oxygens (including phenoxy) is 1. The molecule has 0 aromatic heterocycles. The minimum atomic E-state index is 0.108. The van der Waals surface area contributed by atoms with Crippen LogP contribution < -0.4 is 10.1 Å². The lowest BCUT2D eigenvalue weighted by Crippen LogP contribution is -2.25. The summed E-state index contributed by atoms with van der Waals surface area (Å²) in [5, 5.41) is 2.80. The number of carbonyl (C=O) groups is 1. The van der Waals surface area contributed by atoms with E-state index in [1.807, 2.05) is 25.1 Å². The number of rotatable bonds is 2. The molecule has 3 nitrogen and oxygen atoms in total. The van der Waals surface area contributed by atoms with Gasteiger partial charge in [0.1, 0.15) is 5.75 Å². The Hall–Kier alpha value is -1.51. The molecule has 0 saturated heterocycles. The van der Waals surface area contributed by atoms with Gasteiger partial charge in [-0.1, -0.05) is 12.1 Å². The Kier molecular flexibility index (Phi) is 2.39. The van der Waals surface area contributed by atoms with Gasteiger partial charge in [-0.15, -0.1) is 0 Å². The predicted octanol–water partition coefficient (Wildman–Crippen LogP) is 1.56. The van der Waals surface area contributed by atoms with Crippen LogP contribution in [-0.4, -0.2) is 13.0 Å². The van der Waals surface area contributed by atoms with Gasteiger partial charge in [0.2, 0.25) is 6.41 Å². The fraction of sp³-hybridized carbons (Fsp3) is 0.364. The van der Waals surface area contributed by atoms with Crippen LogP contribution in [0.25, 0.3) is 0 Å². The van der Waals surface area contributed by atoms with Gasteiger partial charge in [0.15, 0.2) is 0 Å². The molecule has 0 bridgehead atoms. The highest BCUT2D eigenvalue weighted by atomic mass is 16.5. The molecule has 14 heavy (non-hydrogen) atoms. The topological polar surface area (TPSA) is 38.3 Å². The lowest BCUT2D eigenvalue weighted by molar-refractivity contribution is -0.110. The first-order valence-electron chi connectivity index (χ1n) is 4.74. The van der Waals surface area contributed by atoms with E-state index in [1.54, 1.807) is 0 Å². The van der Waals surface area contributed by atoms with Crippen molar-refractivity contribution in [2.75, 3.05) is 6.61 Å². The smallest absolute Gasteiger partial charge is 0.207 e. The maximum Gasteiger partial charge on any atom is 0.207 e. The van der Waals surface area contributed by atoms with Crippen molar-refractivity contribution < 1.29 is 9.53 Å². The van der Waals surface area contributed by atoms with Crippen molar-refractivity contribution in [3.63, 3.8) is 0 Å². The minimum absolute atomic E-state index is 0.108. The number of hydrogen-bond donors (Lipinski definition) is 1. The quantitative estimate of drug-likeness (QED) is 0.720. The average Bonchev–Trinajstić information content (AvgIpc) is 2.18. The number of aryl methyl sites for hydroxylation is 1. The van der Waals surface area contributed by atoms with E-state index in [9.17, 15) is 4.79 Å². The van der Waals surface area contributed by atoms with E-state index in [-0.39, 0.29) is 6.04 Å². The Morgan fingerprint density at radius 2 is 2.43 bits per heavy atom. The molecule has 0 spiro atoms. The van der Waals surface area contributed by atoms with Gasteiger partial charge in [-0.25, -0.2) is 0 Å². The van der Waals surface area contributed by atoms with Crippen molar-refractivity contribution >= 4 is 6.41 Å². The lowest BCUT2D eigenvalue weighted by atomic mass is 9.99. The minimum Gasteiger partial charge on any atom is -0.493 e. The number of amides is 1. The van der Waals surface area contributed by atoms with Crippen molar-refractivity contribution in [1.29, 1.82) is 0 Å². The number of benzene rings is 1. The summed E-state index contributed by atoms with van der Waals surface area (Å²) in [5.41, 5.74) is 2.25. The monoisotopic (exact) mass is 191 g/mol. The molecule has 1 aromatic rings. The fourth-order valence-electron chi connectivity index (χ4n) is 1.75. The molecule has 0 aliphatic carbocycles. The second kappa shape index (κ2) is 3.70. The van der Waals surface area contributed by atoms with Crippen molar-refractivity contribution in [2.24, 2.45) is 0 Å². The van der Waals surface area contributed by atoms with Gasteiger partial charge < -0.3 is 10.1 Å². The standard InChI is InChI=1S/C11H13NO2/c1-8-2-3-9-10(12-7-13)4-5-14-11(9)6-8/h2-3,6-7,10H,4-5H2,1H3,(H,12,13). The molecule has 1 atom stereocenters. The Labute approximate surface area is 83.1 Å². The van der Waals surface area contributed by atoms with Crippen molar-refractivity contribution in [1.82, 2.24) is 5.32 Å². The fourth-order valence-corrected chi connectivity index (χ4v) is 1.75. The van der Waals surface area contributed by atoms with Gasteiger partial charge in [-0.05, 0) is 18.6 Å². The summed E-state index contributed by atoms with van der Waals surface area (Å²) < 4.78 is 5.52. The highest BCUT2D eigenvalue weighted by Gasteiger charge is 2.20. The van der Waals surface area contributed by atoms with Crippen LogP contribution in [0.1, 0.15) is 23.6 Å². The second-order valence-corrected chi connectivity index (χ2v) is 3.52. The molecule has 0 saturated carbocycles. The van der Waals surface area contributed by atoms with Crippen LogP contribution in [0.2, 0.25) is 0 Å². The highest BCUT2D eigenvalue weighted by Crippen LogP contribution is 2.32. The van der Waals surface area contributed by atoms with Crippen molar-refractivity contribution in [3.05, 3.63) is 29.3 Å². The van der Waals surface area contributed by atoms with Crippen LogP contribution in [-0.2, 0) is 4.79 Å². The molecule has 1 N–H and O–H groups in total. The molecule has 74 valence electrons. The molecule has 3 heteroatoms. The van der Waals surface area contributed by atoms with Gasteiger partial charge in [0.25, 0.3) is 0 Å². The van der Waals surface area contributed by atoms with Gasteiger partial charge in [-0.2, -0.15) is 0 Å². The maximum absolute atomic E-state index is 10.4. The molecule has 0 fully saturated rings. The van der Waals surface area contributed by atoms with Crippen LogP contribution in [0.3, 0.4) is 0 Å². The highest BCUT2D eigenvalue weighted by molar-refractivity contribution is 5.50. The summed E-state index contributed by atoms with van der Waals surface area (Å²) >= 11 is 0. The largest absolute Gasteiger partial charge is 0.493 e. The zero-order chi connectivity index (χ0) is 9.97. The van der Waals surface area contributed by atoms with Crippen LogP contribution in [0.4, 0.5) is 0 Å². The van der Waals surface area contributed by atoms with Crippen LogP contribution in [0, 0.1) is 6.92 Å². The Bertz CT molecular complexity index is 349. The summed E-state index contributed by atoms with van der Waals surface area (Å²) in [6.45, 7) is 2.70. The molecule has 1 aliphatic rings. The summed E-state index contributed by atoms with van der Waals surface area (Å²) in [6, 6.07) is 6.17. The van der Waals surface area contributed by atoms with Crippen molar-refractivity contribution in [2.45, 2.75) is 19.4 Å². The first-order valence-corrected chi connectivity index (χ1v) is 4.74. The Balaban J connectivity index is 2.34. The van der Waals surface area contributed by atoms with Crippen LogP contribution >= 0.6 is 0 Å². The predicted molar refractivity (Wildman–Crippen MR) is 53.2 cm³/mol. The lowest BCUT2D eigenvalue weighted by Gasteiger charge is -2.25. The van der Waals surface area contributed by atoms with E-state index >= 15 is 0 Å². The van der Waals surface area contributed by atoms with Crippen LogP contribution in [0.15, 0.2) is 18.2 Å². The van der Waals surface area contributed by atoms with E-state index in [4.69, 9.17) is 4.74 Å². The van der Waals surface area contributed by atoms with E-state index in [2.05, 4.69) is 5.32 Å². The summed E-state index contributed by atoms with van der Waals surface area (Å²) in [6.07, 6.45) is 1.59. The average molecular weight is 191 g/mol. The Morgan fingerprint density at radius 1 is 1.57 bits per heavy atom. The second-order valence-electron chi connectivity index (χ2n) is 3.52. The van der Waals surface area contributed by atoms with Crippen LogP contribution in [0.5, 0.6) is 5.75 Å². The molecular formula is C11H13NO2. The third-order valence-corrected chi connectivity index (χ3v) is 2.48. The summed E-state index contributed by atoms with van der Waals surface area (Å²) in [5.74, 6) is 0.899. The molecule has 1 aromatic carbocycles. The molecule has 1 amide bonds.